The number of allylic oxidation sites excluding steroid dienone is 10. The van der Waals surface area contributed by atoms with Crippen molar-refractivity contribution in [1.29, 1.82) is 0 Å². The van der Waals surface area contributed by atoms with Gasteiger partial charge in [0.2, 0.25) is 0 Å². The van der Waals surface area contributed by atoms with Gasteiger partial charge in [-0.2, -0.15) is 0 Å². The number of hydrogen-bond donors (Lipinski definition) is 0. The molecule has 0 heterocycles. The molecule has 0 heteroatoms. The first kappa shape index (κ1) is 91.5. The molecule has 0 N–H and O–H groups in total. The van der Waals surface area contributed by atoms with Crippen LogP contribution in [-0.2, 0) is 32.1 Å². The molecule has 590 valence electrons. The van der Waals surface area contributed by atoms with Crippen LogP contribution < -0.4 is 0 Å². The highest BCUT2D eigenvalue weighted by atomic mass is 14.2. The first-order valence-electron chi connectivity index (χ1n) is 45.6. The van der Waals surface area contributed by atoms with E-state index in [1.54, 1.807) is 0 Å². The van der Waals surface area contributed by atoms with Gasteiger partial charge < -0.3 is 0 Å². The molecular formula is C110H150. The summed E-state index contributed by atoms with van der Waals surface area (Å²) in [6.45, 7) is 22.6. The normalized spacial score (nSPS) is 17.5. The summed E-state index contributed by atoms with van der Waals surface area (Å²) >= 11 is 0. The fraction of sp³-hybridized carbons (Fsp3) is 0.545. The highest BCUT2D eigenvalue weighted by Gasteiger charge is 2.17. The van der Waals surface area contributed by atoms with Crippen molar-refractivity contribution in [2.45, 2.75) is 358 Å². The van der Waals surface area contributed by atoms with E-state index >= 15 is 0 Å². The van der Waals surface area contributed by atoms with Gasteiger partial charge in [0.1, 0.15) is 0 Å². The maximum Gasteiger partial charge on any atom is 0.0249 e. The Morgan fingerprint density at radius 2 is 0.427 bits per heavy atom. The molecule has 5 unspecified atom stereocenters. The average Bonchev–Trinajstić information content (AvgIpc) is 0.910. The minimum absolute atomic E-state index is 0.887. The van der Waals surface area contributed by atoms with Crippen LogP contribution >= 0.6 is 0 Å². The SMILES string of the molecule is CCCCCC1CC=C(C#Cc2ccc(CCCC)cc2)CC1.CCCCCCC1CC=C(C#Cc2ccc(CCCC)cc2)CC1.CCCCc1ccc(C#CC2=CCC(CC)CC2)cc1.CCCCc1ccc(C#CC2=CCC(CCC)CC2)cc1.CCCCc1ccc(C#CC2=CCC(CCCC)CC2)cc1. The molecular weight excluding hydrogens is 1320 g/mol. The van der Waals surface area contributed by atoms with Crippen molar-refractivity contribution in [3.05, 3.63) is 235 Å². The van der Waals surface area contributed by atoms with Crippen molar-refractivity contribution in [2.75, 3.05) is 0 Å². The highest BCUT2D eigenvalue weighted by Crippen LogP contribution is 2.32. The molecule has 10 rings (SSSR count). The van der Waals surface area contributed by atoms with E-state index in [0.717, 1.165) is 57.4 Å². The lowest BCUT2D eigenvalue weighted by Gasteiger charge is -2.19. The van der Waals surface area contributed by atoms with E-state index in [4.69, 9.17) is 0 Å². The molecule has 5 aromatic rings. The van der Waals surface area contributed by atoms with Crippen LogP contribution in [-0.4, -0.2) is 0 Å². The lowest BCUT2D eigenvalue weighted by atomic mass is 9.86. The molecule has 0 amide bonds. The molecule has 0 nitrogen and oxygen atoms in total. The molecule has 0 saturated carbocycles. The molecule has 0 spiro atoms. The molecule has 0 saturated heterocycles. The molecule has 0 aliphatic heterocycles. The van der Waals surface area contributed by atoms with Crippen LogP contribution in [0.5, 0.6) is 0 Å². The van der Waals surface area contributed by atoms with Crippen LogP contribution in [0.25, 0.3) is 0 Å². The summed E-state index contributed by atoms with van der Waals surface area (Å²) in [6, 6.07) is 44.0. The minimum atomic E-state index is 0.887. The van der Waals surface area contributed by atoms with E-state index in [-0.39, 0.29) is 0 Å². The summed E-state index contributed by atoms with van der Waals surface area (Å²) in [5.74, 6) is 38.1. The second-order valence-corrected chi connectivity index (χ2v) is 32.8. The summed E-state index contributed by atoms with van der Waals surface area (Å²) in [5.41, 5.74) is 19.6. The molecule has 0 radical (unpaired) electrons. The van der Waals surface area contributed by atoms with Gasteiger partial charge in [-0.05, 0) is 306 Å². The Kier molecular flexibility index (Phi) is 48.6. The lowest BCUT2D eigenvalue weighted by Crippen LogP contribution is -2.05. The Morgan fingerprint density at radius 1 is 0.209 bits per heavy atom. The zero-order valence-corrected chi connectivity index (χ0v) is 71.6. The standard InChI is InChI=1S/C24H34.C23H32.C22H30.C21H28.C20H26/c1-3-5-7-8-10-22-13-17-24(18-14-22)20-19-23-15-11-21(12-16-23)9-6-4-2;1-3-5-7-9-21-12-16-23(17-13-21)19-18-22-14-10-20(11-15-22)8-6-4-2;1-3-5-7-19-9-13-21(14-10-19)17-18-22-15-11-20(12-16-22)8-6-4-2;1-3-5-7-19-10-14-21(15-11-19)17-16-20-12-8-18(6-4-2)9-13-20;1-3-5-6-18-11-13-20(14-12-18)16-15-19-9-7-17(4-2)8-10-19/h11-12,15-17,22H,3-10,13-14,18H2,1-2H3;10-11,14-16,21H,3-9,12-13,17H2,1-2H3;9-10,13-15,20H,3-8,11-12,16H2,1-2H3;10-12,14-15,18H,3-9,13H2,1-2H3;9,11-14,17H,3-8,10H2,1-2H3. The smallest absolute Gasteiger partial charge is 0.0249 e. The summed E-state index contributed by atoms with van der Waals surface area (Å²) in [5, 5.41) is 0. The van der Waals surface area contributed by atoms with E-state index in [0.29, 0.717) is 0 Å². The van der Waals surface area contributed by atoms with Crippen molar-refractivity contribution >= 4 is 0 Å². The Labute approximate surface area is 677 Å². The molecule has 5 aromatic carbocycles. The maximum atomic E-state index is 3.41. The van der Waals surface area contributed by atoms with Crippen LogP contribution in [0.4, 0.5) is 0 Å². The van der Waals surface area contributed by atoms with Gasteiger partial charge in [0.05, 0.1) is 0 Å². The molecule has 0 aromatic heterocycles. The van der Waals surface area contributed by atoms with Crippen LogP contribution in [0.2, 0.25) is 0 Å². The Hall–Kier alpha value is -7.40. The first-order valence-corrected chi connectivity index (χ1v) is 45.6. The summed E-state index contributed by atoms with van der Waals surface area (Å²) < 4.78 is 0. The number of rotatable bonds is 30. The fourth-order valence-corrected chi connectivity index (χ4v) is 15.3. The van der Waals surface area contributed by atoms with Crippen molar-refractivity contribution in [3.8, 4) is 59.2 Å². The quantitative estimate of drug-likeness (QED) is 0.0318. The summed E-state index contributed by atoms with van der Waals surface area (Å²) in [7, 11) is 0. The van der Waals surface area contributed by atoms with Crippen molar-refractivity contribution in [3.63, 3.8) is 0 Å². The Morgan fingerprint density at radius 3 is 0.645 bits per heavy atom. The van der Waals surface area contributed by atoms with E-state index in [1.165, 1.54) is 345 Å². The van der Waals surface area contributed by atoms with E-state index in [2.05, 4.69) is 280 Å². The fourth-order valence-electron chi connectivity index (χ4n) is 15.3. The number of benzene rings is 5. The van der Waals surface area contributed by atoms with Crippen LogP contribution in [0, 0.1) is 88.8 Å². The predicted molar refractivity (Wildman–Crippen MR) is 484 cm³/mol. The van der Waals surface area contributed by atoms with Gasteiger partial charge in [-0.25, -0.2) is 0 Å². The highest BCUT2D eigenvalue weighted by molar-refractivity contribution is 5.47. The van der Waals surface area contributed by atoms with Gasteiger partial charge in [0.25, 0.3) is 0 Å². The zero-order valence-electron chi connectivity index (χ0n) is 71.6. The Balaban J connectivity index is 0.000000215. The second kappa shape index (κ2) is 58.5. The van der Waals surface area contributed by atoms with Crippen LogP contribution in [0.1, 0.15) is 382 Å². The topological polar surface area (TPSA) is 0 Å². The van der Waals surface area contributed by atoms with Gasteiger partial charge in [-0.3, -0.25) is 0 Å². The molecule has 110 heavy (non-hydrogen) atoms. The molecule has 5 aliphatic rings. The van der Waals surface area contributed by atoms with Crippen molar-refractivity contribution in [1.82, 2.24) is 0 Å². The third-order valence-corrected chi connectivity index (χ3v) is 23.2. The van der Waals surface area contributed by atoms with E-state index < -0.39 is 0 Å². The van der Waals surface area contributed by atoms with Gasteiger partial charge in [-0.1, -0.05) is 348 Å². The third-order valence-electron chi connectivity index (χ3n) is 23.2. The average molecular weight is 1470 g/mol. The Bertz CT molecular complexity index is 3790. The number of unbranched alkanes of at least 4 members (excludes halogenated alkanes) is 11. The number of hydrogen-bond acceptors (Lipinski definition) is 0. The van der Waals surface area contributed by atoms with Crippen LogP contribution in [0.3, 0.4) is 0 Å². The van der Waals surface area contributed by atoms with Gasteiger partial charge in [0, 0.05) is 27.8 Å². The summed E-state index contributed by atoms with van der Waals surface area (Å²) in [6.07, 6.45) is 69.8. The third kappa shape index (κ3) is 40.2. The second-order valence-electron chi connectivity index (χ2n) is 32.8. The van der Waals surface area contributed by atoms with E-state index in [9.17, 15) is 0 Å². The molecule has 0 bridgehead atoms. The molecule has 5 atom stereocenters. The first-order chi connectivity index (χ1) is 54.1. The van der Waals surface area contributed by atoms with Gasteiger partial charge >= 0.3 is 0 Å². The van der Waals surface area contributed by atoms with E-state index in [1.807, 2.05) is 0 Å². The van der Waals surface area contributed by atoms with Crippen molar-refractivity contribution in [2.24, 2.45) is 29.6 Å². The monoisotopic (exact) mass is 1470 g/mol. The number of aryl methyl sites for hydroxylation is 5. The zero-order chi connectivity index (χ0) is 78.1. The lowest BCUT2D eigenvalue weighted by molar-refractivity contribution is 0.417. The predicted octanol–water partition coefficient (Wildman–Crippen LogP) is 31.5. The van der Waals surface area contributed by atoms with Crippen molar-refractivity contribution < 1.29 is 0 Å². The summed E-state index contributed by atoms with van der Waals surface area (Å²) in [4.78, 5) is 0. The maximum absolute atomic E-state index is 3.41. The largest absolute Gasteiger partial charge is 0.0726 e. The minimum Gasteiger partial charge on any atom is -0.0726 e. The van der Waals surface area contributed by atoms with Crippen LogP contribution in [0.15, 0.2) is 180 Å². The van der Waals surface area contributed by atoms with Gasteiger partial charge in [0.15, 0.2) is 0 Å². The van der Waals surface area contributed by atoms with Gasteiger partial charge in [-0.15, -0.1) is 0 Å². The molecule has 5 aliphatic carbocycles. The molecule has 0 fully saturated rings.